The summed E-state index contributed by atoms with van der Waals surface area (Å²) in [6, 6.07) is 5.82. The van der Waals surface area contributed by atoms with Crippen LogP contribution in [0.15, 0.2) is 42.4 Å². The summed E-state index contributed by atoms with van der Waals surface area (Å²) < 4.78 is 7.60. The zero-order chi connectivity index (χ0) is 18.2. The van der Waals surface area contributed by atoms with Crippen LogP contribution < -0.4 is 0 Å². The second-order valence-electron chi connectivity index (χ2n) is 6.96. The Bertz CT molecular complexity index is 904. The molecule has 1 unspecified atom stereocenters. The smallest absolute Gasteiger partial charge is 0.178 e. The van der Waals surface area contributed by atoms with E-state index in [2.05, 4.69) is 10.1 Å². The number of carbonyl (C=O) groups excluding carboxylic acids is 1. The number of pyridine rings is 1. The van der Waals surface area contributed by atoms with E-state index in [4.69, 9.17) is 4.74 Å². The number of Topliss-reactive ketones (excluding diaryl/α,β-unsaturated/α-hetero) is 1. The molecule has 1 aliphatic rings. The Morgan fingerprint density at radius 3 is 2.76 bits per heavy atom. The van der Waals surface area contributed by atoms with E-state index < -0.39 is 11.0 Å². The Hall–Kier alpha value is -2.78. The zero-order valence-electron chi connectivity index (χ0n) is 14.8. The van der Waals surface area contributed by atoms with E-state index in [1.807, 2.05) is 45.3 Å². The molecule has 2 heterocycles. The predicted octanol–water partition coefficient (Wildman–Crippen LogP) is 2.77. The molecule has 0 aromatic carbocycles. The number of ketones is 1. The highest BCUT2D eigenvalue weighted by Gasteiger charge is 2.48. The lowest BCUT2D eigenvalue weighted by Crippen LogP contribution is -2.42. The summed E-state index contributed by atoms with van der Waals surface area (Å²) >= 11 is 0. The number of hydrogen-bond acceptors (Lipinski definition) is 5. The first kappa shape index (κ1) is 17.1. The Labute approximate surface area is 146 Å². The van der Waals surface area contributed by atoms with E-state index in [0.717, 1.165) is 11.1 Å². The Morgan fingerprint density at radius 2 is 2.16 bits per heavy atom. The number of rotatable bonds is 3. The summed E-state index contributed by atoms with van der Waals surface area (Å²) in [5, 5.41) is 13.7. The van der Waals surface area contributed by atoms with Crippen LogP contribution in [0.3, 0.4) is 0 Å². The number of aromatic nitrogens is 3. The number of allylic oxidation sites excluding steroid dienone is 1. The van der Waals surface area contributed by atoms with Crippen LogP contribution in [0.1, 0.15) is 26.0 Å². The minimum absolute atomic E-state index is 0.112. The molecule has 0 spiro atoms. The van der Waals surface area contributed by atoms with Crippen molar-refractivity contribution < 1.29 is 9.53 Å². The fourth-order valence-electron chi connectivity index (χ4n) is 3.45. The third-order valence-corrected chi connectivity index (χ3v) is 4.65. The highest BCUT2D eigenvalue weighted by Crippen LogP contribution is 2.46. The van der Waals surface area contributed by atoms with Gasteiger partial charge in [0.05, 0.1) is 17.5 Å². The predicted molar refractivity (Wildman–Crippen MR) is 92.2 cm³/mol. The maximum Gasteiger partial charge on any atom is 0.178 e. The molecule has 0 saturated heterocycles. The van der Waals surface area contributed by atoms with Crippen molar-refractivity contribution in [1.29, 1.82) is 5.26 Å². The van der Waals surface area contributed by atoms with Gasteiger partial charge in [0, 0.05) is 43.1 Å². The first-order valence-corrected chi connectivity index (χ1v) is 8.00. The van der Waals surface area contributed by atoms with Crippen LogP contribution in [0, 0.1) is 16.7 Å². The van der Waals surface area contributed by atoms with E-state index in [1.165, 1.54) is 0 Å². The molecule has 0 amide bonds. The Balaban J connectivity index is 2.25. The average Bonchev–Trinajstić information content (AvgIpc) is 3.03. The molecular weight excluding hydrogens is 316 g/mol. The third-order valence-electron chi connectivity index (χ3n) is 4.65. The van der Waals surface area contributed by atoms with Gasteiger partial charge in [-0.25, -0.2) is 0 Å². The van der Waals surface area contributed by atoms with Crippen molar-refractivity contribution in [3.8, 4) is 17.2 Å². The fourth-order valence-corrected chi connectivity index (χ4v) is 3.45. The number of hydrogen-bond donors (Lipinski definition) is 0. The molecule has 0 bridgehead atoms. The molecule has 0 saturated carbocycles. The van der Waals surface area contributed by atoms with E-state index >= 15 is 0 Å². The quantitative estimate of drug-likeness (QED) is 0.861. The van der Waals surface area contributed by atoms with Gasteiger partial charge in [0.15, 0.2) is 5.78 Å². The normalized spacial score (nSPS) is 22.4. The summed E-state index contributed by atoms with van der Waals surface area (Å²) in [5.74, 6) is -0.165. The maximum atomic E-state index is 12.5. The van der Waals surface area contributed by atoms with Crippen LogP contribution in [0.5, 0.6) is 0 Å². The number of methoxy groups -OCH3 is 1. The van der Waals surface area contributed by atoms with E-state index in [-0.39, 0.29) is 11.4 Å². The molecule has 0 fully saturated rings. The van der Waals surface area contributed by atoms with Gasteiger partial charge in [-0.3, -0.25) is 14.5 Å². The molecule has 2 aromatic heterocycles. The molecule has 6 nitrogen and oxygen atoms in total. The molecule has 6 heteroatoms. The lowest BCUT2D eigenvalue weighted by atomic mass is 9.68. The summed E-state index contributed by atoms with van der Waals surface area (Å²) in [6.45, 7) is 3.67. The summed E-state index contributed by atoms with van der Waals surface area (Å²) in [7, 11) is 3.43. The number of aryl methyl sites for hydroxylation is 1. The summed E-state index contributed by atoms with van der Waals surface area (Å²) in [5.41, 5.74) is 0.897. The van der Waals surface area contributed by atoms with Crippen molar-refractivity contribution >= 4 is 5.78 Å². The zero-order valence-corrected chi connectivity index (χ0v) is 14.8. The van der Waals surface area contributed by atoms with Gasteiger partial charge >= 0.3 is 0 Å². The number of carbonyl (C=O) groups is 1. The summed E-state index contributed by atoms with van der Waals surface area (Å²) in [6.07, 6.45) is 7.38. The molecule has 0 radical (unpaired) electrons. The van der Waals surface area contributed by atoms with Crippen molar-refractivity contribution in [2.45, 2.75) is 25.9 Å². The second kappa shape index (κ2) is 5.94. The number of ether oxygens (including phenoxy) is 1. The van der Waals surface area contributed by atoms with Gasteiger partial charge in [-0.15, -0.1) is 0 Å². The largest absolute Gasteiger partial charge is 0.368 e. The van der Waals surface area contributed by atoms with E-state index in [1.54, 1.807) is 30.3 Å². The topological polar surface area (TPSA) is 80.8 Å². The van der Waals surface area contributed by atoms with Crippen molar-refractivity contribution in [3.63, 3.8) is 0 Å². The molecule has 0 aliphatic heterocycles. The molecule has 3 rings (SSSR count). The molecule has 25 heavy (non-hydrogen) atoms. The van der Waals surface area contributed by atoms with Crippen LogP contribution in [-0.4, -0.2) is 27.7 Å². The highest BCUT2D eigenvalue weighted by molar-refractivity contribution is 6.04. The first-order chi connectivity index (χ1) is 11.8. The first-order valence-electron chi connectivity index (χ1n) is 8.00. The van der Waals surface area contributed by atoms with Gasteiger partial charge < -0.3 is 4.74 Å². The molecule has 1 atom stereocenters. The lowest BCUT2D eigenvalue weighted by molar-refractivity contribution is -0.128. The van der Waals surface area contributed by atoms with E-state index in [0.29, 0.717) is 12.1 Å². The van der Waals surface area contributed by atoms with Gasteiger partial charge in [0.2, 0.25) is 0 Å². The van der Waals surface area contributed by atoms with Crippen LogP contribution in [0.4, 0.5) is 0 Å². The van der Waals surface area contributed by atoms with Crippen molar-refractivity contribution in [1.82, 2.24) is 14.8 Å². The van der Waals surface area contributed by atoms with Crippen molar-refractivity contribution in [2.24, 2.45) is 12.5 Å². The average molecular weight is 336 g/mol. The minimum atomic E-state index is -0.949. The van der Waals surface area contributed by atoms with Crippen LogP contribution in [0.25, 0.3) is 11.1 Å². The SMILES string of the molecule is COC1(c2ncccc2-c2cnn(C)c2)C=C(C#N)C(=O)C(C)(C)C1. The second-order valence-corrected chi connectivity index (χ2v) is 6.96. The maximum absolute atomic E-state index is 12.5. The van der Waals surface area contributed by atoms with Gasteiger partial charge in [-0.05, 0) is 18.6 Å². The van der Waals surface area contributed by atoms with E-state index in [9.17, 15) is 10.1 Å². The Kier molecular flexibility index (Phi) is 4.05. The fraction of sp³-hybridized carbons (Fsp3) is 0.368. The van der Waals surface area contributed by atoms with Gasteiger partial charge in [-0.1, -0.05) is 19.9 Å². The summed E-state index contributed by atoms with van der Waals surface area (Å²) in [4.78, 5) is 17.1. The van der Waals surface area contributed by atoms with Crippen molar-refractivity contribution in [2.75, 3.05) is 7.11 Å². The molecule has 0 N–H and O–H groups in total. The number of nitriles is 1. The molecule has 1 aliphatic carbocycles. The third kappa shape index (κ3) is 2.77. The van der Waals surface area contributed by atoms with Gasteiger partial charge in [0.25, 0.3) is 0 Å². The van der Waals surface area contributed by atoms with Crippen LogP contribution in [0.2, 0.25) is 0 Å². The highest BCUT2D eigenvalue weighted by atomic mass is 16.5. The van der Waals surface area contributed by atoms with Crippen LogP contribution >= 0.6 is 0 Å². The van der Waals surface area contributed by atoms with Crippen molar-refractivity contribution in [3.05, 3.63) is 48.1 Å². The van der Waals surface area contributed by atoms with Crippen LogP contribution in [-0.2, 0) is 22.2 Å². The molecule has 2 aromatic rings. The Morgan fingerprint density at radius 1 is 1.40 bits per heavy atom. The minimum Gasteiger partial charge on any atom is -0.368 e. The standard InChI is InChI=1S/C19H20N4O2/c1-18(2)12-19(25-4,8-13(9-20)17(18)24)16-15(6-5-7-21-16)14-10-22-23(3)11-14/h5-8,10-11H,12H2,1-4H3. The van der Waals surface area contributed by atoms with Gasteiger partial charge in [-0.2, -0.15) is 10.4 Å². The molecular formula is C19H20N4O2. The number of nitrogens with zero attached hydrogens (tertiary/aromatic N) is 4. The lowest BCUT2D eigenvalue weighted by Gasteiger charge is -2.40. The monoisotopic (exact) mass is 336 g/mol. The van der Waals surface area contributed by atoms with Gasteiger partial charge in [0.1, 0.15) is 11.7 Å². The molecule has 128 valence electrons.